The van der Waals surface area contributed by atoms with Crippen molar-refractivity contribution in [2.24, 2.45) is 11.8 Å². The SMILES string of the molecule is CC(CNC(=O)Nc1ccc(C(=O)O)nc1)C1CC1. The van der Waals surface area contributed by atoms with Crippen molar-refractivity contribution in [1.82, 2.24) is 10.3 Å². The van der Waals surface area contributed by atoms with E-state index in [1.54, 1.807) is 0 Å². The lowest BCUT2D eigenvalue weighted by atomic mass is 10.1. The predicted octanol–water partition coefficient (Wildman–Crippen LogP) is 1.95. The van der Waals surface area contributed by atoms with Gasteiger partial charge >= 0.3 is 12.0 Å². The molecule has 0 spiro atoms. The fraction of sp³-hybridized carbons (Fsp3) is 0.462. The zero-order valence-electron chi connectivity index (χ0n) is 10.7. The maximum atomic E-state index is 11.6. The third kappa shape index (κ3) is 3.94. The molecule has 1 aromatic heterocycles. The number of carbonyl (C=O) groups is 2. The summed E-state index contributed by atoms with van der Waals surface area (Å²) in [7, 11) is 0. The first kappa shape index (κ1) is 13.3. The van der Waals surface area contributed by atoms with Crippen LogP contribution in [0.4, 0.5) is 10.5 Å². The van der Waals surface area contributed by atoms with Crippen LogP contribution < -0.4 is 10.6 Å². The average Bonchev–Trinajstić information content (AvgIpc) is 3.21. The van der Waals surface area contributed by atoms with E-state index in [1.165, 1.54) is 31.2 Å². The number of carboxylic acids is 1. The number of anilines is 1. The number of aromatic carboxylic acids is 1. The normalized spacial score (nSPS) is 15.6. The van der Waals surface area contributed by atoms with Crippen molar-refractivity contribution >= 4 is 17.7 Å². The molecule has 1 aromatic rings. The lowest BCUT2D eigenvalue weighted by molar-refractivity contribution is 0.0690. The summed E-state index contributed by atoms with van der Waals surface area (Å²) in [6.45, 7) is 2.78. The van der Waals surface area contributed by atoms with Gasteiger partial charge in [-0.3, -0.25) is 0 Å². The maximum Gasteiger partial charge on any atom is 0.354 e. The second kappa shape index (κ2) is 5.69. The Morgan fingerprint density at radius 2 is 2.21 bits per heavy atom. The summed E-state index contributed by atoms with van der Waals surface area (Å²) in [5, 5.41) is 14.1. The minimum atomic E-state index is -1.09. The second-order valence-corrected chi connectivity index (χ2v) is 4.89. The van der Waals surface area contributed by atoms with Crippen LogP contribution in [0.15, 0.2) is 18.3 Å². The Morgan fingerprint density at radius 1 is 1.47 bits per heavy atom. The number of pyridine rings is 1. The highest BCUT2D eigenvalue weighted by molar-refractivity contribution is 5.90. The molecule has 1 saturated carbocycles. The number of nitrogens with one attached hydrogen (secondary N) is 2. The van der Waals surface area contributed by atoms with Crippen LogP contribution in [0.5, 0.6) is 0 Å². The Hall–Kier alpha value is -2.11. The fourth-order valence-corrected chi connectivity index (χ4v) is 1.86. The summed E-state index contributed by atoms with van der Waals surface area (Å²) in [5.41, 5.74) is 0.426. The minimum absolute atomic E-state index is 0.0479. The zero-order valence-corrected chi connectivity index (χ0v) is 10.7. The molecule has 1 aliphatic rings. The molecule has 1 atom stereocenters. The summed E-state index contributed by atoms with van der Waals surface area (Å²) < 4.78 is 0. The van der Waals surface area contributed by atoms with Crippen molar-refractivity contribution in [3.8, 4) is 0 Å². The monoisotopic (exact) mass is 263 g/mol. The topological polar surface area (TPSA) is 91.3 Å². The van der Waals surface area contributed by atoms with Gasteiger partial charge in [0.05, 0.1) is 11.9 Å². The van der Waals surface area contributed by atoms with Crippen LogP contribution in [0.2, 0.25) is 0 Å². The van der Waals surface area contributed by atoms with E-state index in [-0.39, 0.29) is 11.7 Å². The van der Waals surface area contributed by atoms with Gasteiger partial charge in [-0.1, -0.05) is 6.92 Å². The molecule has 1 fully saturated rings. The summed E-state index contributed by atoms with van der Waals surface area (Å²) in [6.07, 6.45) is 3.84. The smallest absolute Gasteiger partial charge is 0.354 e. The van der Waals surface area contributed by atoms with Crippen molar-refractivity contribution in [2.75, 3.05) is 11.9 Å². The van der Waals surface area contributed by atoms with Gasteiger partial charge in [0.15, 0.2) is 0 Å². The van der Waals surface area contributed by atoms with E-state index in [0.29, 0.717) is 18.2 Å². The number of amides is 2. The highest BCUT2D eigenvalue weighted by atomic mass is 16.4. The van der Waals surface area contributed by atoms with Gasteiger partial charge in [-0.2, -0.15) is 0 Å². The fourth-order valence-electron chi connectivity index (χ4n) is 1.86. The Labute approximate surface area is 111 Å². The van der Waals surface area contributed by atoms with E-state index in [1.807, 2.05) is 0 Å². The summed E-state index contributed by atoms with van der Waals surface area (Å²) >= 11 is 0. The van der Waals surface area contributed by atoms with Crippen LogP contribution in [0.25, 0.3) is 0 Å². The first-order valence-electron chi connectivity index (χ1n) is 6.30. The predicted molar refractivity (Wildman–Crippen MR) is 70.1 cm³/mol. The molecule has 6 heteroatoms. The Kier molecular flexibility index (Phi) is 3.99. The highest BCUT2D eigenvalue weighted by Crippen LogP contribution is 2.36. The van der Waals surface area contributed by atoms with Crippen LogP contribution in [0.3, 0.4) is 0 Å². The molecule has 6 nitrogen and oxygen atoms in total. The first-order valence-corrected chi connectivity index (χ1v) is 6.30. The van der Waals surface area contributed by atoms with Gasteiger partial charge in [0.2, 0.25) is 0 Å². The highest BCUT2D eigenvalue weighted by Gasteiger charge is 2.27. The summed E-state index contributed by atoms with van der Waals surface area (Å²) in [6, 6.07) is 2.57. The molecule has 3 N–H and O–H groups in total. The molecule has 2 rings (SSSR count). The molecule has 2 amide bonds. The lowest BCUT2D eigenvalue weighted by Crippen LogP contribution is -2.32. The molecule has 1 unspecified atom stereocenters. The number of hydrogen-bond acceptors (Lipinski definition) is 3. The molecular weight excluding hydrogens is 246 g/mol. The van der Waals surface area contributed by atoms with Crippen molar-refractivity contribution < 1.29 is 14.7 Å². The van der Waals surface area contributed by atoms with Crippen LogP contribution in [0.1, 0.15) is 30.3 Å². The molecule has 19 heavy (non-hydrogen) atoms. The number of carbonyl (C=O) groups excluding carboxylic acids is 1. The second-order valence-electron chi connectivity index (χ2n) is 4.89. The third-order valence-corrected chi connectivity index (χ3v) is 3.25. The van der Waals surface area contributed by atoms with Gasteiger partial charge in [0, 0.05) is 6.54 Å². The molecular formula is C13H17N3O3. The van der Waals surface area contributed by atoms with Crippen LogP contribution in [-0.4, -0.2) is 28.6 Å². The van der Waals surface area contributed by atoms with Gasteiger partial charge in [0.25, 0.3) is 0 Å². The van der Waals surface area contributed by atoms with Crippen LogP contribution in [0, 0.1) is 11.8 Å². The van der Waals surface area contributed by atoms with E-state index in [4.69, 9.17) is 5.11 Å². The molecule has 0 saturated heterocycles. The van der Waals surface area contributed by atoms with Crippen molar-refractivity contribution in [3.63, 3.8) is 0 Å². The number of carboxylic acid groups (broad SMARTS) is 1. The van der Waals surface area contributed by atoms with Gasteiger partial charge in [-0.25, -0.2) is 14.6 Å². The summed E-state index contributed by atoms with van der Waals surface area (Å²) in [5.74, 6) is 0.157. The standard InChI is InChI=1S/C13H17N3O3/c1-8(9-2-3-9)6-15-13(19)16-10-4-5-11(12(17)18)14-7-10/h4-5,7-9H,2-3,6H2,1H3,(H,17,18)(H2,15,16,19). The molecule has 1 heterocycles. The number of urea groups is 1. The van der Waals surface area contributed by atoms with E-state index in [2.05, 4.69) is 22.5 Å². The van der Waals surface area contributed by atoms with Gasteiger partial charge < -0.3 is 15.7 Å². The number of nitrogens with zero attached hydrogens (tertiary/aromatic N) is 1. The maximum absolute atomic E-state index is 11.6. The molecule has 102 valence electrons. The van der Waals surface area contributed by atoms with E-state index in [0.717, 1.165) is 5.92 Å². The first-order chi connectivity index (χ1) is 9.06. The number of hydrogen-bond donors (Lipinski definition) is 3. The van der Waals surface area contributed by atoms with Crippen LogP contribution >= 0.6 is 0 Å². The zero-order chi connectivity index (χ0) is 13.8. The third-order valence-electron chi connectivity index (χ3n) is 3.25. The molecule has 0 bridgehead atoms. The Bertz CT molecular complexity index is 469. The Morgan fingerprint density at radius 3 is 2.74 bits per heavy atom. The molecule has 1 aliphatic carbocycles. The van der Waals surface area contributed by atoms with E-state index in [9.17, 15) is 9.59 Å². The van der Waals surface area contributed by atoms with Crippen LogP contribution in [-0.2, 0) is 0 Å². The quantitative estimate of drug-likeness (QED) is 0.757. The Balaban J connectivity index is 1.79. The minimum Gasteiger partial charge on any atom is -0.477 e. The number of aromatic nitrogens is 1. The van der Waals surface area contributed by atoms with Crippen molar-refractivity contribution in [1.29, 1.82) is 0 Å². The van der Waals surface area contributed by atoms with Gasteiger partial charge in [-0.05, 0) is 36.8 Å². The van der Waals surface area contributed by atoms with Gasteiger partial charge in [0.1, 0.15) is 5.69 Å². The van der Waals surface area contributed by atoms with Gasteiger partial charge in [-0.15, -0.1) is 0 Å². The van der Waals surface area contributed by atoms with E-state index < -0.39 is 5.97 Å². The average molecular weight is 263 g/mol. The molecule has 0 radical (unpaired) electrons. The molecule has 0 aromatic carbocycles. The molecule has 0 aliphatic heterocycles. The van der Waals surface area contributed by atoms with E-state index >= 15 is 0 Å². The lowest BCUT2D eigenvalue weighted by Gasteiger charge is -2.12. The van der Waals surface area contributed by atoms with Crippen molar-refractivity contribution in [3.05, 3.63) is 24.0 Å². The van der Waals surface area contributed by atoms with Crippen molar-refractivity contribution in [2.45, 2.75) is 19.8 Å². The summed E-state index contributed by atoms with van der Waals surface area (Å²) in [4.78, 5) is 26.0. The largest absolute Gasteiger partial charge is 0.477 e. The number of rotatable bonds is 5.